The Morgan fingerprint density at radius 2 is 2.06 bits per heavy atom. The summed E-state index contributed by atoms with van der Waals surface area (Å²) in [4.78, 5) is 25.3. The topological polar surface area (TPSA) is 37.4 Å². The average Bonchev–Trinajstić information content (AvgIpc) is 2.71. The van der Waals surface area contributed by atoms with Crippen LogP contribution in [0.15, 0.2) is 30.3 Å². The third-order valence-electron chi connectivity index (χ3n) is 3.01. The minimum absolute atomic E-state index is 0.0435. The number of hydrogen-bond acceptors (Lipinski definition) is 2. The standard InChI is InChI=1S/C13H15NO2/c1-2-12(15)11-8-9-14(13(11)16)10-6-4-3-5-7-10/h3-7,11H,2,8-9H2,1H3. The number of para-hydroxylation sites is 1. The van der Waals surface area contributed by atoms with Gasteiger partial charge in [0.25, 0.3) is 0 Å². The molecule has 0 aromatic heterocycles. The quantitative estimate of drug-likeness (QED) is 0.726. The molecule has 1 aromatic carbocycles. The van der Waals surface area contributed by atoms with Crippen molar-refractivity contribution in [3.05, 3.63) is 30.3 Å². The Bertz CT molecular complexity index is 400. The SMILES string of the molecule is CCC(=O)C1CCN(c2ccccc2)C1=O. The Hall–Kier alpha value is -1.64. The molecule has 1 aliphatic rings. The van der Waals surface area contributed by atoms with Crippen LogP contribution < -0.4 is 4.90 Å². The maximum atomic E-state index is 12.0. The van der Waals surface area contributed by atoms with Crippen molar-refractivity contribution < 1.29 is 9.59 Å². The van der Waals surface area contributed by atoms with Gasteiger partial charge >= 0.3 is 0 Å². The molecule has 1 fully saturated rings. The first-order valence-corrected chi connectivity index (χ1v) is 5.63. The van der Waals surface area contributed by atoms with Crippen LogP contribution in [0.5, 0.6) is 0 Å². The van der Waals surface area contributed by atoms with E-state index in [0.717, 1.165) is 5.69 Å². The van der Waals surface area contributed by atoms with Gasteiger partial charge in [0.1, 0.15) is 5.78 Å². The molecule has 1 atom stereocenters. The third-order valence-corrected chi connectivity index (χ3v) is 3.01. The summed E-state index contributed by atoms with van der Waals surface area (Å²) in [6.07, 6.45) is 1.10. The number of rotatable bonds is 3. The van der Waals surface area contributed by atoms with Gasteiger partial charge < -0.3 is 4.90 Å². The largest absolute Gasteiger partial charge is 0.312 e. The molecule has 1 heterocycles. The first-order chi connectivity index (χ1) is 7.74. The molecular weight excluding hydrogens is 202 g/mol. The van der Waals surface area contributed by atoms with Gasteiger partial charge in [0.15, 0.2) is 0 Å². The van der Waals surface area contributed by atoms with Crippen molar-refractivity contribution in [3.63, 3.8) is 0 Å². The van der Waals surface area contributed by atoms with Crippen molar-refractivity contribution in [2.24, 2.45) is 5.92 Å². The fourth-order valence-corrected chi connectivity index (χ4v) is 2.09. The number of anilines is 1. The van der Waals surface area contributed by atoms with Crippen molar-refractivity contribution in [3.8, 4) is 0 Å². The smallest absolute Gasteiger partial charge is 0.237 e. The van der Waals surface area contributed by atoms with E-state index in [0.29, 0.717) is 19.4 Å². The van der Waals surface area contributed by atoms with Crippen LogP contribution in [-0.4, -0.2) is 18.2 Å². The van der Waals surface area contributed by atoms with E-state index < -0.39 is 5.92 Å². The van der Waals surface area contributed by atoms with Crippen LogP contribution in [0.1, 0.15) is 19.8 Å². The van der Waals surface area contributed by atoms with Crippen LogP contribution in [0, 0.1) is 5.92 Å². The number of carbonyl (C=O) groups excluding carboxylic acids is 2. The summed E-state index contributed by atoms with van der Waals surface area (Å²) in [6.45, 7) is 2.46. The van der Waals surface area contributed by atoms with E-state index in [9.17, 15) is 9.59 Å². The first-order valence-electron chi connectivity index (χ1n) is 5.63. The highest BCUT2D eigenvalue weighted by atomic mass is 16.2. The monoisotopic (exact) mass is 217 g/mol. The number of nitrogens with zero attached hydrogens (tertiary/aromatic N) is 1. The van der Waals surface area contributed by atoms with Crippen molar-refractivity contribution in [1.82, 2.24) is 0 Å². The molecule has 1 aliphatic heterocycles. The van der Waals surface area contributed by atoms with E-state index in [4.69, 9.17) is 0 Å². The van der Waals surface area contributed by atoms with Crippen LogP contribution >= 0.6 is 0 Å². The second kappa shape index (κ2) is 4.47. The predicted molar refractivity (Wildman–Crippen MR) is 62.2 cm³/mol. The number of hydrogen-bond donors (Lipinski definition) is 0. The lowest BCUT2D eigenvalue weighted by molar-refractivity contribution is -0.130. The fourth-order valence-electron chi connectivity index (χ4n) is 2.09. The van der Waals surface area contributed by atoms with Crippen molar-refractivity contribution in [1.29, 1.82) is 0 Å². The van der Waals surface area contributed by atoms with Crippen LogP contribution in [0.4, 0.5) is 5.69 Å². The molecule has 1 unspecified atom stereocenters. The highest BCUT2D eigenvalue weighted by molar-refractivity contribution is 6.10. The second-order valence-corrected chi connectivity index (χ2v) is 3.99. The summed E-state index contributed by atoms with van der Waals surface area (Å²) in [5.74, 6) is -0.397. The second-order valence-electron chi connectivity index (χ2n) is 3.99. The van der Waals surface area contributed by atoms with Crippen molar-refractivity contribution in [2.75, 3.05) is 11.4 Å². The highest BCUT2D eigenvalue weighted by Gasteiger charge is 2.36. The first kappa shape index (κ1) is 10.9. The molecule has 0 bridgehead atoms. The normalized spacial score (nSPS) is 20.2. The molecule has 1 aromatic rings. The Kier molecular flexibility index (Phi) is 3.04. The molecule has 3 nitrogen and oxygen atoms in total. The molecule has 84 valence electrons. The third kappa shape index (κ3) is 1.85. The predicted octanol–water partition coefficient (Wildman–Crippen LogP) is 2.02. The van der Waals surface area contributed by atoms with Gasteiger partial charge in [0, 0.05) is 18.7 Å². The zero-order chi connectivity index (χ0) is 11.5. The zero-order valence-corrected chi connectivity index (χ0v) is 9.35. The van der Waals surface area contributed by atoms with E-state index in [2.05, 4.69) is 0 Å². The summed E-state index contributed by atoms with van der Waals surface area (Å²) in [6, 6.07) is 9.52. The van der Waals surface area contributed by atoms with E-state index in [1.165, 1.54) is 0 Å². The molecule has 3 heteroatoms. The Morgan fingerprint density at radius 3 is 2.69 bits per heavy atom. The van der Waals surface area contributed by atoms with Crippen LogP contribution in [0.25, 0.3) is 0 Å². The van der Waals surface area contributed by atoms with Gasteiger partial charge in [-0.1, -0.05) is 25.1 Å². The molecule has 1 amide bonds. The van der Waals surface area contributed by atoms with Gasteiger partial charge in [0.05, 0.1) is 5.92 Å². The van der Waals surface area contributed by atoms with Gasteiger partial charge in [0.2, 0.25) is 5.91 Å². The van der Waals surface area contributed by atoms with E-state index in [1.54, 1.807) is 11.8 Å². The minimum Gasteiger partial charge on any atom is -0.312 e. The van der Waals surface area contributed by atoms with Gasteiger partial charge in [-0.3, -0.25) is 9.59 Å². The Morgan fingerprint density at radius 1 is 1.38 bits per heavy atom. The number of Topliss-reactive ketones (excluding diaryl/α,β-unsaturated/α-hetero) is 1. The van der Waals surface area contributed by atoms with Crippen LogP contribution in [-0.2, 0) is 9.59 Å². The number of benzene rings is 1. The van der Waals surface area contributed by atoms with Crippen LogP contribution in [0.2, 0.25) is 0 Å². The van der Waals surface area contributed by atoms with Gasteiger partial charge in [-0.25, -0.2) is 0 Å². The lowest BCUT2D eigenvalue weighted by Gasteiger charge is -2.16. The summed E-state index contributed by atoms with van der Waals surface area (Å²) >= 11 is 0. The minimum atomic E-state index is -0.412. The van der Waals surface area contributed by atoms with E-state index in [1.807, 2.05) is 30.3 Å². The zero-order valence-electron chi connectivity index (χ0n) is 9.35. The molecule has 16 heavy (non-hydrogen) atoms. The van der Waals surface area contributed by atoms with Gasteiger partial charge in [-0.15, -0.1) is 0 Å². The lowest BCUT2D eigenvalue weighted by atomic mass is 10.0. The molecule has 0 N–H and O–H groups in total. The summed E-state index contributed by atoms with van der Waals surface area (Å²) in [5, 5.41) is 0. The molecular formula is C13H15NO2. The maximum Gasteiger partial charge on any atom is 0.237 e. The summed E-state index contributed by atoms with van der Waals surface area (Å²) in [5.41, 5.74) is 0.888. The summed E-state index contributed by atoms with van der Waals surface area (Å²) in [7, 11) is 0. The average molecular weight is 217 g/mol. The number of amides is 1. The van der Waals surface area contributed by atoms with Crippen LogP contribution in [0.3, 0.4) is 0 Å². The summed E-state index contributed by atoms with van der Waals surface area (Å²) < 4.78 is 0. The molecule has 0 saturated carbocycles. The fraction of sp³-hybridized carbons (Fsp3) is 0.385. The highest BCUT2D eigenvalue weighted by Crippen LogP contribution is 2.25. The number of carbonyl (C=O) groups is 2. The van der Waals surface area contributed by atoms with Crippen molar-refractivity contribution >= 4 is 17.4 Å². The lowest BCUT2D eigenvalue weighted by Crippen LogP contribution is -2.29. The van der Waals surface area contributed by atoms with Crippen molar-refractivity contribution in [2.45, 2.75) is 19.8 Å². The van der Waals surface area contributed by atoms with E-state index in [-0.39, 0.29) is 11.7 Å². The molecule has 0 aliphatic carbocycles. The number of ketones is 1. The molecule has 1 saturated heterocycles. The Labute approximate surface area is 95.1 Å². The van der Waals surface area contributed by atoms with E-state index >= 15 is 0 Å². The van der Waals surface area contributed by atoms with Gasteiger partial charge in [-0.2, -0.15) is 0 Å². The van der Waals surface area contributed by atoms with Gasteiger partial charge in [-0.05, 0) is 18.6 Å². The molecule has 0 spiro atoms. The molecule has 0 radical (unpaired) electrons. The Balaban J connectivity index is 2.17. The molecule has 2 rings (SSSR count). The maximum absolute atomic E-state index is 12.0.